The van der Waals surface area contributed by atoms with Crippen molar-refractivity contribution in [2.24, 2.45) is 5.92 Å². The van der Waals surface area contributed by atoms with Crippen molar-refractivity contribution in [2.45, 2.75) is 45.9 Å². The molecule has 184 valence electrons. The summed E-state index contributed by atoms with van der Waals surface area (Å²) in [6.45, 7) is 6.98. The molecular weight excluding hydrogens is 458 g/mol. The van der Waals surface area contributed by atoms with Crippen LogP contribution in [0.1, 0.15) is 48.1 Å². The first kappa shape index (κ1) is 23.5. The molecule has 8 heteroatoms. The Hall–Kier alpha value is -4.20. The number of rotatable bonds is 5. The van der Waals surface area contributed by atoms with Crippen LogP contribution in [-0.4, -0.2) is 27.3 Å². The maximum absolute atomic E-state index is 13.7. The number of cyclic esters (lactones) is 2. The highest BCUT2D eigenvalue weighted by molar-refractivity contribution is 5.99. The number of nitrogens with zero attached hydrogens (tertiary/aromatic N) is 3. The zero-order chi connectivity index (χ0) is 25.6. The van der Waals surface area contributed by atoms with Gasteiger partial charge in [-0.25, -0.2) is 9.30 Å². The van der Waals surface area contributed by atoms with Gasteiger partial charge in [0.2, 0.25) is 0 Å². The van der Waals surface area contributed by atoms with Crippen LogP contribution in [0.25, 0.3) is 10.9 Å². The quantitative estimate of drug-likeness (QED) is 0.184. The molecule has 1 aliphatic rings. The summed E-state index contributed by atoms with van der Waals surface area (Å²) < 4.78 is 13.7. The van der Waals surface area contributed by atoms with Crippen LogP contribution in [0.3, 0.4) is 0 Å². The first-order valence-corrected chi connectivity index (χ1v) is 11.8. The maximum Gasteiger partial charge on any atom is 0.324 e. The minimum Gasteiger partial charge on any atom is -0.711 e. The molecule has 0 bridgehead atoms. The van der Waals surface area contributed by atoms with Gasteiger partial charge in [0.05, 0.1) is 5.52 Å². The van der Waals surface area contributed by atoms with E-state index in [9.17, 15) is 14.8 Å². The molecule has 5 rings (SSSR count). The maximum atomic E-state index is 13.7. The number of hydrogen-bond acceptors (Lipinski definition) is 6. The topological polar surface area (TPSA) is 97.4 Å². The number of pyridine rings is 1. The number of aromatic nitrogens is 3. The largest absolute Gasteiger partial charge is 0.711 e. The molecular formula is C28H27N3O5. The van der Waals surface area contributed by atoms with Gasteiger partial charge in [-0.1, -0.05) is 54.6 Å². The van der Waals surface area contributed by atoms with Crippen molar-refractivity contribution in [1.29, 1.82) is 0 Å². The van der Waals surface area contributed by atoms with E-state index in [-0.39, 0.29) is 5.82 Å². The lowest BCUT2D eigenvalue weighted by atomic mass is 9.83. The second-order valence-electron chi connectivity index (χ2n) is 9.51. The number of hydrogen-bond donors (Lipinski definition) is 0. The van der Waals surface area contributed by atoms with Gasteiger partial charge in [0.15, 0.2) is 5.92 Å². The summed E-state index contributed by atoms with van der Waals surface area (Å²) in [6, 6.07) is 18.9. The normalized spacial score (nSPS) is 16.6. The SMILES string of the molecule is Cc1c(C)[n+]([O-])c([C@H](c2cccc3cccnc23)C2C(=O)OC(C)(C)OC2=O)n1Cc1ccccc1. The second kappa shape index (κ2) is 8.78. The molecule has 1 fully saturated rings. The highest BCUT2D eigenvalue weighted by Gasteiger charge is 2.52. The number of para-hydroxylation sites is 1. The molecule has 8 nitrogen and oxygen atoms in total. The molecule has 0 amide bonds. The van der Waals surface area contributed by atoms with Gasteiger partial charge in [0.25, 0.3) is 11.6 Å². The van der Waals surface area contributed by atoms with Gasteiger partial charge < -0.3 is 14.7 Å². The third-order valence-electron chi connectivity index (χ3n) is 6.71. The monoisotopic (exact) mass is 485 g/mol. The Morgan fingerprint density at radius 3 is 2.36 bits per heavy atom. The Labute approximate surface area is 208 Å². The average Bonchev–Trinajstić information content (AvgIpc) is 3.04. The fourth-order valence-corrected chi connectivity index (χ4v) is 4.90. The molecule has 3 heterocycles. The summed E-state index contributed by atoms with van der Waals surface area (Å²) >= 11 is 0. The van der Waals surface area contributed by atoms with Gasteiger partial charge in [0, 0.05) is 39.3 Å². The van der Waals surface area contributed by atoms with Crippen molar-refractivity contribution < 1.29 is 23.8 Å². The Balaban J connectivity index is 1.78. The van der Waals surface area contributed by atoms with E-state index in [1.807, 2.05) is 66.1 Å². The number of benzene rings is 2. The van der Waals surface area contributed by atoms with E-state index in [4.69, 9.17) is 9.47 Å². The molecule has 0 saturated carbocycles. The predicted molar refractivity (Wildman–Crippen MR) is 132 cm³/mol. The number of fused-ring (bicyclic) bond motifs is 1. The van der Waals surface area contributed by atoms with Crippen LogP contribution in [0, 0.1) is 25.0 Å². The first-order valence-electron chi connectivity index (χ1n) is 11.8. The van der Waals surface area contributed by atoms with Crippen molar-refractivity contribution in [3.8, 4) is 0 Å². The van der Waals surface area contributed by atoms with Gasteiger partial charge in [-0.2, -0.15) is 0 Å². The Morgan fingerprint density at radius 2 is 1.67 bits per heavy atom. The molecule has 1 atom stereocenters. The fourth-order valence-electron chi connectivity index (χ4n) is 4.90. The van der Waals surface area contributed by atoms with Crippen molar-refractivity contribution in [1.82, 2.24) is 9.55 Å². The van der Waals surface area contributed by atoms with Crippen LogP contribution in [0.2, 0.25) is 0 Å². The Bertz CT molecular complexity index is 1450. The van der Waals surface area contributed by atoms with Crippen LogP contribution in [0.15, 0.2) is 66.9 Å². The van der Waals surface area contributed by atoms with E-state index in [1.54, 1.807) is 19.2 Å². The van der Waals surface area contributed by atoms with Gasteiger partial charge in [-0.3, -0.25) is 14.6 Å². The first-order chi connectivity index (χ1) is 17.2. The summed E-state index contributed by atoms with van der Waals surface area (Å²) in [6.07, 6.45) is 1.65. The lowest BCUT2D eigenvalue weighted by Gasteiger charge is -2.35. The smallest absolute Gasteiger partial charge is 0.324 e. The summed E-state index contributed by atoms with van der Waals surface area (Å²) in [5, 5.41) is 14.5. The molecule has 2 aromatic heterocycles. The summed E-state index contributed by atoms with van der Waals surface area (Å²) in [5.41, 5.74) is 3.36. The zero-order valence-electron chi connectivity index (χ0n) is 20.6. The molecule has 0 spiro atoms. The highest BCUT2D eigenvalue weighted by Crippen LogP contribution is 2.40. The summed E-state index contributed by atoms with van der Waals surface area (Å²) in [4.78, 5) is 31.3. The van der Waals surface area contributed by atoms with E-state index in [0.717, 1.165) is 21.4 Å². The number of esters is 2. The number of carbonyl (C=O) groups is 2. The predicted octanol–water partition coefficient (Wildman–Crippen LogP) is 3.92. The summed E-state index contributed by atoms with van der Waals surface area (Å²) in [7, 11) is 0. The second-order valence-corrected chi connectivity index (χ2v) is 9.51. The standard InChI is InChI=1S/C28H27N3O5/c1-17-18(2)31(34)25(30(17)16-19-10-6-5-7-11-19)22(23-26(32)35-28(3,4)36-27(23)33)21-14-8-12-20-13-9-15-29-24(20)21/h5-15,22-23H,16H2,1-4H3/t22-/m1/s1. The molecule has 0 N–H and O–H groups in total. The van der Waals surface area contributed by atoms with Crippen LogP contribution >= 0.6 is 0 Å². The van der Waals surface area contributed by atoms with Gasteiger partial charge in [-0.05, 0) is 17.2 Å². The molecule has 1 aliphatic heterocycles. The van der Waals surface area contributed by atoms with Gasteiger partial charge in [0.1, 0.15) is 23.9 Å². The fraction of sp³-hybridized carbons (Fsp3) is 0.286. The lowest BCUT2D eigenvalue weighted by molar-refractivity contribution is -0.621. The Kier molecular flexibility index (Phi) is 5.74. The van der Waals surface area contributed by atoms with E-state index >= 15 is 0 Å². The van der Waals surface area contributed by atoms with Crippen molar-refractivity contribution in [3.05, 3.63) is 100 Å². The third-order valence-corrected chi connectivity index (χ3v) is 6.71. The number of imidazole rings is 1. The van der Waals surface area contributed by atoms with E-state index in [2.05, 4.69) is 4.98 Å². The van der Waals surface area contributed by atoms with Crippen molar-refractivity contribution in [2.75, 3.05) is 0 Å². The Morgan fingerprint density at radius 1 is 1.00 bits per heavy atom. The van der Waals surface area contributed by atoms with Crippen LogP contribution in [0.5, 0.6) is 0 Å². The van der Waals surface area contributed by atoms with Gasteiger partial charge in [-0.15, -0.1) is 0 Å². The minimum atomic E-state index is -1.39. The molecule has 0 aliphatic carbocycles. The van der Waals surface area contributed by atoms with E-state index in [0.29, 0.717) is 23.3 Å². The van der Waals surface area contributed by atoms with Crippen molar-refractivity contribution >= 4 is 22.8 Å². The van der Waals surface area contributed by atoms with E-state index in [1.165, 1.54) is 13.8 Å². The molecule has 1 saturated heterocycles. The lowest BCUT2D eigenvalue weighted by Crippen LogP contribution is -2.50. The minimum absolute atomic E-state index is 0.255. The third kappa shape index (κ3) is 3.98. The highest BCUT2D eigenvalue weighted by atomic mass is 16.7. The van der Waals surface area contributed by atoms with Crippen LogP contribution in [-0.2, 0) is 25.6 Å². The molecule has 36 heavy (non-hydrogen) atoms. The molecule has 0 radical (unpaired) electrons. The van der Waals surface area contributed by atoms with Crippen LogP contribution in [0.4, 0.5) is 0 Å². The molecule has 2 aromatic carbocycles. The van der Waals surface area contributed by atoms with Crippen molar-refractivity contribution in [3.63, 3.8) is 0 Å². The summed E-state index contributed by atoms with van der Waals surface area (Å²) in [5.74, 6) is -4.99. The number of carbonyl (C=O) groups excluding carboxylic acids is 2. The number of ether oxygens (including phenoxy) is 2. The molecule has 4 aromatic rings. The zero-order valence-corrected chi connectivity index (χ0v) is 20.6. The molecule has 0 unspecified atom stereocenters. The van der Waals surface area contributed by atoms with E-state index < -0.39 is 29.6 Å². The van der Waals surface area contributed by atoms with Gasteiger partial charge >= 0.3 is 11.9 Å². The average molecular weight is 486 g/mol. The van der Waals surface area contributed by atoms with Crippen LogP contribution < -0.4 is 4.73 Å².